The predicted octanol–water partition coefficient (Wildman–Crippen LogP) is 2.93. The molecule has 1 fully saturated rings. The van der Waals surface area contributed by atoms with E-state index in [0.29, 0.717) is 30.2 Å². The molecule has 0 spiro atoms. The number of urea groups is 1. The molecule has 1 aromatic carbocycles. The molecule has 1 aliphatic heterocycles. The summed E-state index contributed by atoms with van der Waals surface area (Å²) in [6.07, 6.45) is 1.71. The Kier molecular flexibility index (Phi) is 4.20. The molecule has 2 heterocycles. The van der Waals surface area contributed by atoms with Crippen LogP contribution < -0.4 is 9.80 Å². The van der Waals surface area contributed by atoms with Gasteiger partial charge >= 0.3 is 12.0 Å². The number of carbonyl (C=O) groups excluding carboxylic acids is 2. The fourth-order valence-corrected chi connectivity index (χ4v) is 2.78. The zero-order valence-electron chi connectivity index (χ0n) is 13.9. The first-order chi connectivity index (χ1) is 11.5. The number of anilines is 2. The first-order valence-electron chi connectivity index (χ1n) is 7.72. The van der Waals surface area contributed by atoms with Gasteiger partial charge in [0.2, 0.25) is 0 Å². The topological polar surface area (TPSA) is 62.7 Å². The van der Waals surface area contributed by atoms with Crippen molar-refractivity contribution in [2.45, 2.75) is 13.8 Å². The van der Waals surface area contributed by atoms with Crippen LogP contribution in [-0.2, 0) is 4.74 Å². The summed E-state index contributed by atoms with van der Waals surface area (Å²) in [4.78, 5) is 32.2. The van der Waals surface area contributed by atoms with Crippen molar-refractivity contribution in [3.63, 3.8) is 0 Å². The van der Waals surface area contributed by atoms with Crippen molar-refractivity contribution < 1.29 is 14.3 Å². The number of amides is 2. The molecule has 1 saturated heterocycles. The second-order valence-corrected chi connectivity index (χ2v) is 5.70. The van der Waals surface area contributed by atoms with E-state index in [9.17, 15) is 9.59 Å². The predicted molar refractivity (Wildman–Crippen MR) is 91.6 cm³/mol. The molecule has 0 N–H and O–H groups in total. The third-order valence-corrected chi connectivity index (χ3v) is 4.29. The zero-order valence-corrected chi connectivity index (χ0v) is 13.9. The molecule has 3 rings (SSSR count). The van der Waals surface area contributed by atoms with Gasteiger partial charge in [0.05, 0.1) is 12.7 Å². The first kappa shape index (κ1) is 16.0. The van der Waals surface area contributed by atoms with Crippen molar-refractivity contribution in [1.82, 2.24) is 4.98 Å². The van der Waals surface area contributed by atoms with Gasteiger partial charge in [-0.1, -0.05) is 6.07 Å². The van der Waals surface area contributed by atoms with Crippen molar-refractivity contribution in [3.8, 4) is 0 Å². The number of benzene rings is 1. The van der Waals surface area contributed by atoms with Gasteiger partial charge < -0.3 is 4.74 Å². The zero-order chi connectivity index (χ0) is 17.3. The van der Waals surface area contributed by atoms with Gasteiger partial charge in [0, 0.05) is 25.0 Å². The highest BCUT2D eigenvalue weighted by molar-refractivity contribution is 6.06. The Balaban J connectivity index is 1.89. The number of nitrogens with zero attached hydrogens (tertiary/aromatic N) is 3. The Bertz CT molecular complexity index is 804. The van der Waals surface area contributed by atoms with E-state index in [1.165, 1.54) is 7.11 Å². The summed E-state index contributed by atoms with van der Waals surface area (Å²) in [5.74, 6) is 0.267. The maximum atomic E-state index is 12.8. The van der Waals surface area contributed by atoms with Gasteiger partial charge in [-0.3, -0.25) is 9.80 Å². The van der Waals surface area contributed by atoms with Crippen molar-refractivity contribution in [3.05, 3.63) is 53.2 Å². The summed E-state index contributed by atoms with van der Waals surface area (Å²) in [6.45, 7) is 5.06. The van der Waals surface area contributed by atoms with Gasteiger partial charge in [-0.05, 0) is 49.2 Å². The number of pyridine rings is 1. The smallest absolute Gasteiger partial charge is 0.337 e. The maximum Gasteiger partial charge on any atom is 0.337 e. The molecular weight excluding hydrogens is 306 g/mol. The largest absolute Gasteiger partial charge is 0.465 e. The first-order valence-corrected chi connectivity index (χ1v) is 7.72. The van der Waals surface area contributed by atoms with E-state index in [2.05, 4.69) is 4.98 Å². The molecule has 0 aliphatic carbocycles. The summed E-state index contributed by atoms with van der Waals surface area (Å²) < 4.78 is 4.74. The van der Waals surface area contributed by atoms with Crippen LogP contribution in [0.3, 0.4) is 0 Å². The highest BCUT2D eigenvalue weighted by Gasteiger charge is 2.32. The Hall–Kier alpha value is -2.89. The average molecular weight is 325 g/mol. The number of rotatable bonds is 3. The van der Waals surface area contributed by atoms with E-state index in [0.717, 1.165) is 11.1 Å². The molecule has 0 saturated carbocycles. The van der Waals surface area contributed by atoms with Crippen LogP contribution in [-0.4, -0.2) is 37.2 Å². The molecule has 6 nitrogen and oxygen atoms in total. The van der Waals surface area contributed by atoms with Crippen molar-refractivity contribution >= 4 is 23.5 Å². The standard InChI is InChI=1S/C18H19N3O3/c1-12-7-8-19-16(13(12)2)21-10-9-20(18(21)23)15-6-4-5-14(11-15)17(22)24-3/h4-8,11H,9-10H2,1-3H3. The van der Waals surface area contributed by atoms with Crippen LogP contribution >= 0.6 is 0 Å². The van der Waals surface area contributed by atoms with Crippen molar-refractivity contribution in [1.29, 1.82) is 0 Å². The van der Waals surface area contributed by atoms with Crippen LogP contribution in [0, 0.1) is 13.8 Å². The average Bonchev–Trinajstić information content (AvgIpc) is 2.98. The summed E-state index contributed by atoms with van der Waals surface area (Å²) in [5, 5.41) is 0. The second kappa shape index (κ2) is 6.31. The molecular formula is C18H19N3O3. The second-order valence-electron chi connectivity index (χ2n) is 5.70. The number of ether oxygens (including phenoxy) is 1. The third-order valence-electron chi connectivity index (χ3n) is 4.29. The van der Waals surface area contributed by atoms with E-state index >= 15 is 0 Å². The monoisotopic (exact) mass is 325 g/mol. The molecule has 0 radical (unpaired) electrons. The van der Waals surface area contributed by atoms with Gasteiger partial charge in [0.1, 0.15) is 5.82 Å². The maximum absolute atomic E-state index is 12.8. The molecule has 6 heteroatoms. The van der Waals surface area contributed by atoms with Crippen molar-refractivity contribution in [2.75, 3.05) is 30.0 Å². The van der Waals surface area contributed by atoms with Gasteiger partial charge in [0.25, 0.3) is 0 Å². The lowest BCUT2D eigenvalue weighted by Crippen LogP contribution is -2.32. The minimum absolute atomic E-state index is 0.141. The summed E-state index contributed by atoms with van der Waals surface area (Å²) in [5.41, 5.74) is 3.19. The molecule has 0 unspecified atom stereocenters. The van der Waals surface area contributed by atoms with E-state index in [1.54, 1.807) is 34.2 Å². The normalized spacial score (nSPS) is 14.2. The van der Waals surface area contributed by atoms with Crippen LogP contribution in [0.15, 0.2) is 36.5 Å². The van der Waals surface area contributed by atoms with Gasteiger partial charge in [-0.15, -0.1) is 0 Å². The summed E-state index contributed by atoms with van der Waals surface area (Å²) in [7, 11) is 1.34. The van der Waals surface area contributed by atoms with E-state index in [4.69, 9.17) is 4.74 Å². The van der Waals surface area contributed by atoms with Gasteiger partial charge in [-0.2, -0.15) is 0 Å². The number of methoxy groups -OCH3 is 1. The van der Waals surface area contributed by atoms with Gasteiger partial charge in [-0.25, -0.2) is 14.6 Å². The Morgan fingerprint density at radius 3 is 2.67 bits per heavy atom. The minimum atomic E-state index is -0.420. The van der Waals surface area contributed by atoms with Crippen LogP contribution in [0.1, 0.15) is 21.5 Å². The molecule has 0 atom stereocenters. The lowest BCUT2D eigenvalue weighted by molar-refractivity contribution is 0.0600. The molecule has 2 amide bonds. The number of aromatic nitrogens is 1. The number of esters is 1. The van der Waals surface area contributed by atoms with E-state index < -0.39 is 5.97 Å². The molecule has 1 aromatic heterocycles. The number of hydrogen-bond donors (Lipinski definition) is 0. The highest BCUT2D eigenvalue weighted by atomic mass is 16.5. The molecule has 1 aliphatic rings. The molecule has 2 aromatic rings. The van der Waals surface area contributed by atoms with Crippen LogP contribution in [0.4, 0.5) is 16.3 Å². The van der Waals surface area contributed by atoms with Gasteiger partial charge in [0.15, 0.2) is 0 Å². The number of hydrogen-bond acceptors (Lipinski definition) is 4. The molecule has 24 heavy (non-hydrogen) atoms. The lowest BCUT2D eigenvalue weighted by atomic mass is 10.1. The molecule has 0 bridgehead atoms. The highest BCUT2D eigenvalue weighted by Crippen LogP contribution is 2.27. The Morgan fingerprint density at radius 2 is 1.92 bits per heavy atom. The third kappa shape index (κ3) is 2.71. The number of carbonyl (C=O) groups is 2. The summed E-state index contributed by atoms with van der Waals surface area (Å²) in [6, 6.07) is 8.68. The number of aryl methyl sites for hydroxylation is 1. The van der Waals surface area contributed by atoms with E-state index in [1.807, 2.05) is 26.0 Å². The fraction of sp³-hybridized carbons (Fsp3) is 0.278. The van der Waals surface area contributed by atoms with E-state index in [-0.39, 0.29) is 6.03 Å². The fourth-order valence-electron chi connectivity index (χ4n) is 2.78. The minimum Gasteiger partial charge on any atom is -0.465 e. The summed E-state index contributed by atoms with van der Waals surface area (Å²) >= 11 is 0. The van der Waals surface area contributed by atoms with Crippen LogP contribution in [0.25, 0.3) is 0 Å². The van der Waals surface area contributed by atoms with Crippen LogP contribution in [0.5, 0.6) is 0 Å². The van der Waals surface area contributed by atoms with Crippen molar-refractivity contribution in [2.24, 2.45) is 0 Å². The van der Waals surface area contributed by atoms with Crippen LogP contribution in [0.2, 0.25) is 0 Å². The molecule has 124 valence electrons. The Morgan fingerprint density at radius 1 is 1.17 bits per heavy atom. The quantitative estimate of drug-likeness (QED) is 0.814. The lowest BCUT2D eigenvalue weighted by Gasteiger charge is -2.20. The SMILES string of the molecule is COC(=O)c1cccc(N2CCN(c3nccc(C)c3C)C2=O)c1. The Labute approximate surface area is 140 Å².